The highest BCUT2D eigenvalue weighted by Gasteiger charge is 2.22. The van der Waals surface area contributed by atoms with E-state index in [1.54, 1.807) is 0 Å². The molecule has 0 aromatic heterocycles. The Hall–Kier alpha value is -1.51. The van der Waals surface area contributed by atoms with Crippen LogP contribution in [-0.2, 0) is 4.79 Å². The van der Waals surface area contributed by atoms with Crippen molar-refractivity contribution in [3.05, 3.63) is 29.8 Å². The summed E-state index contributed by atoms with van der Waals surface area (Å²) in [7, 11) is 1.87. The maximum absolute atomic E-state index is 12.4. The molecule has 21 heavy (non-hydrogen) atoms. The first-order chi connectivity index (χ1) is 9.60. The van der Waals surface area contributed by atoms with Crippen molar-refractivity contribution in [2.24, 2.45) is 11.3 Å². The van der Waals surface area contributed by atoms with Crippen LogP contribution < -0.4 is 5.73 Å². The number of benzene rings is 1. The molecule has 0 aliphatic heterocycles. The molecule has 0 fully saturated rings. The lowest BCUT2D eigenvalue weighted by Gasteiger charge is -2.28. The average molecular weight is 290 g/mol. The van der Waals surface area contributed by atoms with Crippen molar-refractivity contribution in [1.29, 1.82) is 0 Å². The monoisotopic (exact) mass is 290 g/mol. The highest BCUT2D eigenvalue weighted by molar-refractivity contribution is 5.76. The molecule has 0 spiro atoms. The van der Waals surface area contributed by atoms with Crippen LogP contribution >= 0.6 is 0 Å². The zero-order valence-corrected chi connectivity index (χ0v) is 14.3. The summed E-state index contributed by atoms with van der Waals surface area (Å²) < 4.78 is 0. The van der Waals surface area contributed by atoms with Crippen molar-refractivity contribution < 1.29 is 4.79 Å². The summed E-state index contributed by atoms with van der Waals surface area (Å²) in [5, 5.41) is 0. The van der Waals surface area contributed by atoms with E-state index < -0.39 is 0 Å². The SMILES string of the molecule is CC(CC(=O)N(C)C(C)c1cccc(N)c1)CC(C)(C)C. The van der Waals surface area contributed by atoms with Gasteiger partial charge in [0.25, 0.3) is 0 Å². The molecule has 0 radical (unpaired) electrons. The summed E-state index contributed by atoms with van der Waals surface area (Å²) in [5.74, 6) is 0.592. The fraction of sp³-hybridized carbons (Fsp3) is 0.611. The van der Waals surface area contributed by atoms with E-state index in [4.69, 9.17) is 5.73 Å². The van der Waals surface area contributed by atoms with E-state index >= 15 is 0 Å². The molecule has 1 aromatic rings. The molecule has 1 aromatic carbocycles. The maximum atomic E-state index is 12.4. The summed E-state index contributed by atoms with van der Waals surface area (Å²) in [6, 6.07) is 7.80. The molecule has 3 nitrogen and oxygen atoms in total. The summed E-state index contributed by atoms with van der Waals surface area (Å²) in [4.78, 5) is 14.3. The van der Waals surface area contributed by atoms with Gasteiger partial charge in [-0.15, -0.1) is 0 Å². The number of nitrogens with zero attached hydrogens (tertiary/aromatic N) is 1. The van der Waals surface area contributed by atoms with Crippen LogP contribution in [-0.4, -0.2) is 17.9 Å². The van der Waals surface area contributed by atoms with Gasteiger partial charge in [0.05, 0.1) is 6.04 Å². The number of nitrogens with two attached hydrogens (primary N) is 1. The topological polar surface area (TPSA) is 46.3 Å². The minimum atomic E-state index is 0.0443. The van der Waals surface area contributed by atoms with Gasteiger partial charge in [-0.1, -0.05) is 39.8 Å². The van der Waals surface area contributed by atoms with Gasteiger partial charge in [-0.25, -0.2) is 0 Å². The smallest absolute Gasteiger partial charge is 0.223 e. The van der Waals surface area contributed by atoms with Crippen molar-refractivity contribution in [3.63, 3.8) is 0 Å². The lowest BCUT2D eigenvalue weighted by Crippen LogP contribution is -2.31. The lowest BCUT2D eigenvalue weighted by atomic mass is 9.84. The number of hydrogen-bond donors (Lipinski definition) is 1. The maximum Gasteiger partial charge on any atom is 0.223 e. The Morgan fingerprint density at radius 3 is 2.43 bits per heavy atom. The second kappa shape index (κ2) is 6.97. The van der Waals surface area contributed by atoms with Gasteiger partial charge in [0.1, 0.15) is 0 Å². The van der Waals surface area contributed by atoms with Crippen LogP contribution in [0.4, 0.5) is 5.69 Å². The molecular formula is C18H30N2O. The molecule has 0 bridgehead atoms. The van der Waals surface area contributed by atoms with Crippen LogP contribution in [0.3, 0.4) is 0 Å². The molecular weight excluding hydrogens is 260 g/mol. The van der Waals surface area contributed by atoms with E-state index in [9.17, 15) is 4.79 Å². The van der Waals surface area contributed by atoms with E-state index in [0.29, 0.717) is 12.3 Å². The Morgan fingerprint density at radius 2 is 1.90 bits per heavy atom. The van der Waals surface area contributed by atoms with Gasteiger partial charge >= 0.3 is 0 Å². The van der Waals surface area contributed by atoms with Gasteiger partial charge in [-0.05, 0) is 42.4 Å². The largest absolute Gasteiger partial charge is 0.399 e. The quantitative estimate of drug-likeness (QED) is 0.824. The summed E-state index contributed by atoms with van der Waals surface area (Å²) in [6.45, 7) is 10.8. The molecule has 0 aliphatic carbocycles. The summed E-state index contributed by atoms with van der Waals surface area (Å²) in [5.41, 5.74) is 7.90. The fourth-order valence-corrected chi connectivity index (χ4v) is 2.82. The Morgan fingerprint density at radius 1 is 1.29 bits per heavy atom. The average Bonchev–Trinajstić information content (AvgIpc) is 2.34. The molecule has 2 atom stereocenters. The summed E-state index contributed by atoms with van der Waals surface area (Å²) in [6.07, 6.45) is 1.65. The van der Waals surface area contributed by atoms with Crippen molar-refractivity contribution >= 4 is 11.6 Å². The van der Waals surface area contributed by atoms with Gasteiger partial charge in [0, 0.05) is 19.2 Å². The number of anilines is 1. The minimum Gasteiger partial charge on any atom is -0.399 e. The number of carbonyl (C=O) groups excluding carboxylic acids is 1. The first-order valence-electron chi connectivity index (χ1n) is 7.71. The predicted molar refractivity (Wildman–Crippen MR) is 89.9 cm³/mol. The van der Waals surface area contributed by atoms with E-state index in [-0.39, 0.29) is 17.4 Å². The molecule has 0 saturated heterocycles. The number of amides is 1. The van der Waals surface area contributed by atoms with Crippen LogP contribution in [0.2, 0.25) is 0 Å². The number of hydrogen-bond acceptors (Lipinski definition) is 2. The van der Waals surface area contributed by atoms with Gasteiger partial charge in [-0.2, -0.15) is 0 Å². The Bertz CT molecular complexity index is 476. The lowest BCUT2D eigenvalue weighted by molar-refractivity contribution is -0.132. The Kier molecular flexibility index (Phi) is 5.82. The molecule has 0 saturated carbocycles. The van der Waals surface area contributed by atoms with Gasteiger partial charge in [-0.3, -0.25) is 4.79 Å². The molecule has 2 N–H and O–H groups in total. The molecule has 1 amide bonds. The zero-order chi connectivity index (χ0) is 16.2. The third-order valence-corrected chi connectivity index (χ3v) is 3.85. The number of rotatable bonds is 5. The highest BCUT2D eigenvalue weighted by atomic mass is 16.2. The van der Waals surface area contributed by atoms with Crippen LogP contribution in [0.5, 0.6) is 0 Å². The van der Waals surface area contributed by atoms with Gasteiger partial charge < -0.3 is 10.6 Å². The van der Waals surface area contributed by atoms with Crippen molar-refractivity contribution in [2.45, 2.75) is 53.5 Å². The first-order valence-corrected chi connectivity index (χ1v) is 7.71. The fourth-order valence-electron chi connectivity index (χ4n) is 2.82. The highest BCUT2D eigenvalue weighted by Crippen LogP contribution is 2.27. The summed E-state index contributed by atoms with van der Waals surface area (Å²) >= 11 is 0. The van der Waals surface area contributed by atoms with Crippen molar-refractivity contribution in [2.75, 3.05) is 12.8 Å². The van der Waals surface area contributed by atoms with Crippen LogP contribution in [0.25, 0.3) is 0 Å². The predicted octanol–water partition coefficient (Wildman–Crippen LogP) is 4.25. The second-order valence-electron chi connectivity index (χ2n) is 7.42. The minimum absolute atomic E-state index is 0.0443. The number of carbonyl (C=O) groups is 1. The molecule has 0 aliphatic rings. The molecule has 1 rings (SSSR count). The van der Waals surface area contributed by atoms with Crippen LogP contribution in [0, 0.1) is 11.3 Å². The van der Waals surface area contributed by atoms with Gasteiger partial charge in [0.2, 0.25) is 5.91 Å². The van der Waals surface area contributed by atoms with Crippen molar-refractivity contribution in [3.8, 4) is 0 Å². The van der Waals surface area contributed by atoms with Gasteiger partial charge in [0.15, 0.2) is 0 Å². The first kappa shape index (κ1) is 17.5. The third-order valence-electron chi connectivity index (χ3n) is 3.85. The normalized spacial score (nSPS) is 14.6. The number of nitrogen functional groups attached to an aromatic ring is 1. The molecule has 2 unspecified atom stereocenters. The van der Waals surface area contributed by atoms with Crippen LogP contribution in [0.15, 0.2) is 24.3 Å². The standard InChI is InChI=1S/C18H30N2O/c1-13(12-18(3,4)5)10-17(21)20(6)14(2)15-8-7-9-16(19)11-15/h7-9,11,13-14H,10,12,19H2,1-6H3. The Labute approximate surface area is 129 Å². The Balaban J connectivity index is 2.65. The van der Waals surface area contributed by atoms with Crippen molar-refractivity contribution in [1.82, 2.24) is 4.90 Å². The molecule has 118 valence electrons. The zero-order valence-electron chi connectivity index (χ0n) is 14.3. The third kappa shape index (κ3) is 5.78. The van der Waals surface area contributed by atoms with Crippen LogP contribution in [0.1, 0.15) is 59.1 Å². The van der Waals surface area contributed by atoms with E-state index in [1.807, 2.05) is 43.1 Å². The van der Waals surface area contributed by atoms with E-state index in [0.717, 1.165) is 17.7 Å². The molecule has 0 heterocycles. The molecule has 3 heteroatoms. The second-order valence-corrected chi connectivity index (χ2v) is 7.42. The van der Waals surface area contributed by atoms with E-state index in [2.05, 4.69) is 27.7 Å². The van der Waals surface area contributed by atoms with E-state index in [1.165, 1.54) is 0 Å².